The van der Waals surface area contributed by atoms with E-state index in [1.54, 1.807) is 0 Å². The molecule has 306 valence electrons. The van der Waals surface area contributed by atoms with E-state index in [2.05, 4.69) is 109 Å². The van der Waals surface area contributed by atoms with E-state index in [-0.39, 0.29) is 5.41 Å². The summed E-state index contributed by atoms with van der Waals surface area (Å²) in [5.74, 6) is 6.72. The standard InChI is InChI=1S/C58H44N6/c1-5-16-38(17-6-1)52-59-53(39-18-7-2-8-19-39)62-56(61-52)43-33-42(34-44(35-43)57-63-54(40-20-9-3-10-21-40)60-55(64-57)41-22-11-4-12-23-41)47-25-15-27-50-51(47)48-24-13-14-26-49(48)58(50)45-29-36-28-37(31-45)32-46(58)30-36/h1-27,33-37,45-46H,28-32H2. The Balaban J connectivity index is 1.07. The molecule has 6 nitrogen and oxygen atoms in total. The lowest BCUT2D eigenvalue weighted by Gasteiger charge is -2.61. The SMILES string of the molecule is c1ccc(-c2nc(-c3ccccc3)nc(-c3cc(-c4nc(-c5ccccc5)nc(-c5ccccc5)n4)cc(-c4cccc5c4-c4ccccc4C54C5CC6CC(C5)CC4C6)c3)n2)cc1. The monoisotopic (exact) mass is 824 g/mol. The third kappa shape index (κ3) is 6.00. The van der Waals surface area contributed by atoms with Crippen LogP contribution in [0.2, 0.25) is 0 Å². The van der Waals surface area contributed by atoms with E-state index in [0.717, 1.165) is 50.8 Å². The summed E-state index contributed by atoms with van der Waals surface area (Å²) >= 11 is 0. The molecule has 5 aliphatic carbocycles. The van der Waals surface area contributed by atoms with Crippen LogP contribution in [0.3, 0.4) is 0 Å². The summed E-state index contributed by atoms with van der Waals surface area (Å²) in [6, 6.07) is 63.9. The Morgan fingerprint density at radius 1 is 0.297 bits per heavy atom. The zero-order chi connectivity index (χ0) is 42.2. The highest BCUT2D eigenvalue weighted by molar-refractivity contribution is 5.95. The van der Waals surface area contributed by atoms with Crippen molar-refractivity contribution in [2.45, 2.75) is 37.5 Å². The summed E-state index contributed by atoms with van der Waals surface area (Å²) < 4.78 is 0. The van der Waals surface area contributed by atoms with Crippen LogP contribution in [-0.2, 0) is 5.41 Å². The van der Waals surface area contributed by atoms with Crippen LogP contribution in [0.4, 0.5) is 0 Å². The second-order valence-electron chi connectivity index (χ2n) is 18.3. The van der Waals surface area contributed by atoms with E-state index in [0.29, 0.717) is 46.8 Å². The number of nitrogens with zero attached hydrogens (tertiary/aromatic N) is 6. The predicted molar refractivity (Wildman–Crippen MR) is 255 cm³/mol. The smallest absolute Gasteiger partial charge is 0.164 e. The fourth-order valence-electron chi connectivity index (χ4n) is 12.4. The van der Waals surface area contributed by atoms with Crippen LogP contribution in [0.25, 0.3) is 90.6 Å². The Kier molecular flexibility index (Phi) is 8.61. The maximum Gasteiger partial charge on any atom is 0.164 e. The van der Waals surface area contributed by atoms with Gasteiger partial charge in [-0.05, 0) is 107 Å². The molecule has 0 aliphatic heterocycles. The summed E-state index contributed by atoms with van der Waals surface area (Å²) in [5.41, 5.74) is 13.6. The highest BCUT2D eigenvalue weighted by Crippen LogP contribution is 2.70. The van der Waals surface area contributed by atoms with Gasteiger partial charge in [-0.15, -0.1) is 0 Å². The van der Waals surface area contributed by atoms with Crippen LogP contribution in [0.1, 0.15) is 43.2 Å². The molecule has 4 fully saturated rings. The molecule has 6 heteroatoms. The molecule has 0 radical (unpaired) electrons. The molecule has 0 atom stereocenters. The quantitative estimate of drug-likeness (QED) is 0.159. The van der Waals surface area contributed by atoms with Crippen molar-refractivity contribution in [3.05, 3.63) is 193 Å². The second kappa shape index (κ2) is 14.8. The van der Waals surface area contributed by atoms with Gasteiger partial charge in [0.1, 0.15) is 0 Å². The first-order valence-electron chi connectivity index (χ1n) is 22.8. The minimum absolute atomic E-state index is 0.0442. The number of aromatic nitrogens is 6. The Morgan fingerprint density at radius 2 is 0.641 bits per heavy atom. The molecule has 0 saturated heterocycles. The number of benzene rings is 7. The van der Waals surface area contributed by atoms with E-state index in [9.17, 15) is 0 Å². The van der Waals surface area contributed by atoms with Crippen molar-refractivity contribution in [1.29, 1.82) is 0 Å². The number of fused-ring (bicyclic) bond motifs is 3. The van der Waals surface area contributed by atoms with Crippen LogP contribution in [0.15, 0.2) is 182 Å². The van der Waals surface area contributed by atoms with Crippen LogP contribution < -0.4 is 0 Å². The summed E-state index contributed by atoms with van der Waals surface area (Å²) in [5, 5.41) is 0. The highest BCUT2D eigenvalue weighted by Gasteiger charge is 2.61. The zero-order valence-electron chi connectivity index (χ0n) is 35.3. The van der Waals surface area contributed by atoms with Gasteiger partial charge >= 0.3 is 0 Å². The first kappa shape index (κ1) is 37.1. The molecule has 9 aromatic rings. The normalized spacial score (nSPS) is 21.2. The molecule has 2 heterocycles. The Bertz CT molecular complexity index is 2940. The highest BCUT2D eigenvalue weighted by atomic mass is 15.0. The van der Waals surface area contributed by atoms with Crippen molar-refractivity contribution in [1.82, 2.24) is 29.9 Å². The van der Waals surface area contributed by atoms with Crippen molar-refractivity contribution in [3.63, 3.8) is 0 Å². The Morgan fingerprint density at radius 3 is 1.08 bits per heavy atom. The maximum absolute atomic E-state index is 5.25. The van der Waals surface area contributed by atoms with E-state index in [1.807, 2.05) is 72.8 Å². The molecule has 7 aromatic carbocycles. The van der Waals surface area contributed by atoms with Crippen LogP contribution in [0, 0.1) is 23.7 Å². The Labute approximate surface area is 373 Å². The number of hydrogen-bond donors (Lipinski definition) is 0. The predicted octanol–water partition coefficient (Wildman–Crippen LogP) is 13.4. The summed E-state index contributed by atoms with van der Waals surface area (Å²) in [7, 11) is 0. The summed E-state index contributed by atoms with van der Waals surface area (Å²) in [6.45, 7) is 0. The average molecular weight is 825 g/mol. The molecule has 4 bridgehead atoms. The maximum atomic E-state index is 5.25. The lowest BCUT2D eigenvalue weighted by atomic mass is 9.43. The average Bonchev–Trinajstić information content (AvgIpc) is 3.67. The van der Waals surface area contributed by atoms with Gasteiger partial charge in [0.05, 0.1) is 0 Å². The molecule has 5 aliphatic rings. The molecule has 0 N–H and O–H groups in total. The number of rotatable bonds is 7. The molecule has 0 amide bonds. The topological polar surface area (TPSA) is 77.3 Å². The third-order valence-electron chi connectivity index (χ3n) is 14.7. The van der Waals surface area contributed by atoms with Gasteiger partial charge in [-0.2, -0.15) is 0 Å². The van der Waals surface area contributed by atoms with Crippen molar-refractivity contribution < 1.29 is 0 Å². The van der Waals surface area contributed by atoms with Crippen molar-refractivity contribution >= 4 is 0 Å². The first-order valence-corrected chi connectivity index (χ1v) is 22.8. The molecular formula is C58H44N6. The second-order valence-corrected chi connectivity index (χ2v) is 18.3. The van der Waals surface area contributed by atoms with Crippen LogP contribution in [0.5, 0.6) is 0 Å². The number of hydrogen-bond acceptors (Lipinski definition) is 6. The van der Waals surface area contributed by atoms with Gasteiger partial charge in [0.25, 0.3) is 0 Å². The largest absolute Gasteiger partial charge is 0.208 e. The van der Waals surface area contributed by atoms with Crippen molar-refractivity contribution in [2.24, 2.45) is 23.7 Å². The molecule has 1 spiro atoms. The zero-order valence-corrected chi connectivity index (χ0v) is 35.3. The van der Waals surface area contributed by atoms with Crippen LogP contribution in [-0.4, -0.2) is 29.9 Å². The minimum atomic E-state index is 0.0442. The van der Waals surface area contributed by atoms with Crippen molar-refractivity contribution in [3.8, 4) is 90.6 Å². The van der Waals surface area contributed by atoms with Gasteiger partial charge in [-0.3, -0.25) is 0 Å². The van der Waals surface area contributed by atoms with Gasteiger partial charge in [0.15, 0.2) is 34.9 Å². The fourth-order valence-corrected chi connectivity index (χ4v) is 12.4. The molecule has 4 saturated carbocycles. The Hall–Kier alpha value is -7.44. The van der Waals surface area contributed by atoms with Gasteiger partial charge in [-0.1, -0.05) is 164 Å². The van der Waals surface area contributed by atoms with Gasteiger partial charge in [-0.25, -0.2) is 29.9 Å². The van der Waals surface area contributed by atoms with Gasteiger partial charge in [0, 0.05) is 38.8 Å². The van der Waals surface area contributed by atoms with E-state index >= 15 is 0 Å². The summed E-state index contributed by atoms with van der Waals surface area (Å²) in [4.78, 5) is 31.1. The van der Waals surface area contributed by atoms with Crippen molar-refractivity contribution in [2.75, 3.05) is 0 Å². The molecule has 64 heavy (non-hydrogen) atoms. The fraction of sp³-hybridized carbons (Fsp3) is 0.172. The minimum Gasteiger partial charge on any atom is -0.208 e. The van der Waals surface area contributed by atoms with E-state index in [1.165, 1.54) is 59.9 Å². The lowest BCUT2D eigenvalue weighted by Crippen LogP contribution is -2.55. The molecule has 0 unspecified atom stereocenters. The lowest BCUT2D eigenvalue weighted by molar-refractivity contribution is -0.0399. The van der Waals surface area contributed by atoms with Gasteiger partial charge in [0.2, 0.25) is 0 Å². The molecule has 14 rings (SSSR count). The molecular weight excluding hydrogens is 781 g/mol. The first-order chi connectivity index (χ1) is 31.7. The van der Waals surface area contributed by atoms with Gasteiger partial charge < -0.3 is 0 Å². The third-order valence-corrected chi connectivity index (χ3v) is 14.7. The summed E-state index contributed by atoms with van der Waals surface area (Å²) in [6.07, 6.45) is 6.78. The van der Waals surface area contributed by atoms with Crippen LogP contribution >= 0.6 is 0 Å². The van der Waals surface area contributed by atoms with E-state index < -0.39 is 0 Å². The molecule has 2 aromatic heterocycles. The van der Waals surface area contributed by atoms with E-state index in [4.69, 9.17) is 29.9 Å².